The average molecular weight is 494 g/mol. The van der Waals surface area contributed by atoms with Gasteiger partial charge in [0.1, 0.15) is 4.21 Å². The Hall–Kier alpha value is -1.23. The predicted octanol–water partition coefficient (Wildman–Crippen LogP) is 5.41. The second-order valence-corrected chi connectivity index (χ2v) is 12.3. The summed E-state index contributed by atoms with van der Waals surface area (Å²) in [6, 6.07) is 12.8. The fraction of sp³-hybridized carbons (Fsp3) is 0.0588. The van der Waals surface area contributed by atoms with Gasteiger partial charge in [-0.25, -0.2) is 16.8 Å². The van der Waals surface area contributed by atoms with Crippen molar-refractivity contribution >= 4 is 71.8 Å². The number of hydrogen-bond donors (Lipinski definition) is 1. The van der Waals surface area contributed by atoms with Crippen molar-refractivity contribution in [1.29, 1.82) is 0 Å². The fourth-order valence-corrected chi connectivity index (χ4v) is 7.35. The second kappa shape index (κ2) is 8.25. The Balaban J connectivity index is 1.99. The van der Waals surface area contributed by atoms with Crippen molar-refractivity contribution < 1.29 is 16.8 Å². The molecule has 0 fully saturated rings. The number of hydrogen-bond acceptors (Lipinski definition) is 6. The molecule has 11 heteroatoms. The van der Waals surface area contributed by atoms with Crippen molar-refractivity contribution in [2.75, 3.05) is 11.0 Å². The molecule has 0 spiro atoms. The highest BCUT2D eigenvalue weighted by Gasteiger charge is 2.25. The van der Waals surface area contributed by atoms with Crippen molar-refractivity contribution in [2.45, 2.75) is 18.2 Å². The monoisotopic (exact) mass is 493 g/mol. The van der Waals surface area contributed by atoms with Crippen LogP contribution in [0.2, 0.25) is 10.0 Å². The highest BCUT2D eigenvalue weighted by Crippen LogP contribution is 2.40. The Morgan fingerprint density at radius 3 is 1.86 bits per heavy atom. The van der Waals surface area contributed by atoms with Crippen molar-refractivity contribution in [3.05, 3.63) is 64.6 Å². The third-order valence-corrected chi connectivity index (χ3v) is 10.0. The van der Waals surface area contributed by atoms with Crippen LogP contribution in [0.4, 0.5) is 5.69 Å². The van der Waals surface area contributed by atoms with Crippen molar-refractivity contribution in [3.63, 3.8) is 0 Å². The van der Waals surface area contributed by atoms with Gasteiger partial charge >= 0.3 is 0 Å². The maximum absolute atomic E-state index is 12.9. The first kappa shape index (κ1) is 21.5. The molecule has 3 aromatic rings. The quantitative estimate of drug-likeness (QED) is 0.464. The second-order valence-electron chi connectivity index (χ2n) is 5.49. The van der Waals surface area contributed by atoms with E-state index in [0.29, 0.717) is 14.3 Å². The number of rotatable bonds is 6. The first-order valence-electron chi connectivity index (χ1n) is 7.60. The van der Waals surface area contributed by atoms with Crippen LogP contribution in [0.15, 0.2) is 72.8 Å². The van der Waals surface area contributed by atoms with Crippen molar-refractivity contribution in [2.24, 2.45) is 0 Å². The molecule has 148 valence electrons. The first-order valence-corrected chi connectivity index (χ1v) is 13.4. The number of benzene rings is 2. The molecule has 0 radical (unpaired) electrons. The molecule has 2 aromatic carbocycles. The summed E-state index contributed by atoms with van der Waals surface area (Å²) in [6.45, 7) is 0. The molecule has 0 amide bonds. The molecule has 5 nitrogen and oxygen atoms in total. The lowest BCUT2D eigenvalue weighted by atomic mass is 10.4. The highest BCUT2D eigenvalue weighted by atomic mass is 35.5. The van der Waals surface area contributed by atoms with Gasteiger partial charge in [0, 0.05) is 10.0 Å². The fourth-order valence-electron chi connectivity index (χ4n) is 2.26. The summed E-state index contributed by atoms with van der Waals surface area (Å²) in [5.41, 5.74) is 0.208. The van der Waals surface area contributed by atoms with Crippen LogP contribution >= 0.6 is 46.3 Å². The molecule has 0 bridgehead atoms. The molecular weight excluding hydrogens is 481 g/mol. The zero-order chi connectivity index (χ0) is 20.5. The zero-order valence-corrected chi connectivity index (χ0v) is 19.0. The lowest BCUT2D eigenvalue weighted by Crippen LogP contribution is -2.12. The molecule has 0 unspecified atom stereocenters. The van der Waals surface area contributed by atoms with Crippen molar-refractivity contribution in [1.82, 2.24) is 0 Å². The average Bonchev–Trinajstić information content (AvgIpc) is 3.05. The molecule has 1 heterocycles. The minimum atomic E-state index is -3.89. The number of thiophene rings is 1. The Labute approximate surface area is 181 Å². The summed E-state index contributed by atoms with van der Waals surface area (Å²) in [6.07, 6.45) is 1.74. The third kappa shape index (κ3) is 4.50. The standard InChI is InChI=1S/C17H13Cl2NO4S4/c1-25-17-15(20-28(23,24)14-8-4-12(19)5-9-14)10-16(26-17)27(21,22)13-6-2-11(18)3-7-13/h2-10,20H,1H3. The topological polar surface area (TPSA) is 80.3 Å². The molecule has 0 aliphatic rings. The largest absolute Gasteiger partial charge is 0.278 e. The van der Waals surface area contributed by atoms with Crippen LogP contribution < -0.4 is 4.72 Å². The van der Waals surface area contributed by atoms with E-state index in [1.54, 1.807) is 6.26 Å². The maximum Gasteiger partial charge on any atom is 0.261 e. The summed E-state index contributed by atoms with van der Waals surface area (Å²) < 4.78 is 54.0. The van der Waals surface area contributed by atoms with Gasteiger partial charge in [-0.2, -0.15) is 0 Å². The Bertz CT molecular complexity index is 1200. The number of sulfonamides is 1. The van der Waals surface area contributed by atoms with Gasteiger partial charge in [0.2, 0.25) is 9.84 Å². The van der Waals surface area contributed by atoms with Gasteiger partial charge in [-0.15, -0.1) is 23.1 Å². The molecule has 0 atom stereocenters. The number of thioether (sulfide) groups is 1. The van der Waals surface area contributed by atoms with Gasteiger partial charge in [0.05, 0.1) is 19.7 Å². The van der Waals surface area contributed by atoms with E-state index in [-0.39, 0.29) is 19.7 Å². The summed E-state index contributed by atoms with van der Waals surface area (Å²) in [4.78, 5) is 0.107. The van der Waals surface area contributed by atoms with E-state index in [1.807, 2.05) is 0 Å². The van der Waals surface area contributed by atoms with E-state index in [1.165, 1.54) is 66.4 Å². The van der Waals surface area contributed by atoms with E-state index in [2.05, 4.69) is 4.72 Å². The molecular formula is C17H13Cl2NO4S4. The minimum Gasteiger partial charge on any atom is -0.278 e. The van der Waals surface area contributed by atoms with E-state index in [4.69, 9.17) is 23.2 Å². The van der Waals surface area contributed by atoms with Gasteiger partial charge in [-0.1, -0.05) is 23.2 Å². The van der Waals surface area contributed by atoms with Crippen LogP contribution in [0.1, 0.15) is 0 Å². The molecule has 3 rings (SSSR count). The van der Waals surface area contributed by atoms with Gasteiger partial charge in [0.15, 0.2) is 0 Å². The molecule has 1 aromatic heterocycles. The van der Waals surface area contributed by atoms with Crippen LogP contribution in [0, 0.1) is 0 Å². The number of nitrogens with one attached hydrogen (secondary N) is 1. The lowest BCUT2D eigenvalue weighted by molar-refractivity contribution is 0.597. The minimum absolute atomic E-state index is 0.0252. The van der Waals surface area contributed by atoms with Crippen LogP contribution in [-0.2, 0) is 19.9 Å². The Morgan fingerprint density at radius 1 is 0.857 bits per heavy atom. The zero-order valence-electron chi connectivity index (χ0n) is 14.2. The first-order chi connectivity index (χ1) is 13.1. The number of anilines is 1. The molecule has 28 heavy (non-hydrogen) atoms. The summed E-state index contributed by atoms with van der Waals surface area (Å²) >= 11 is 13.9. The van der Waals surface area contributed by atoms with Gasteiger partial charge in [-0.3, -0.25) is 4.72 Å². The SMILES string of the molecule is CSc1sc(S(=O)(=O)c2ccc(Cl)cc2)cc1NS(=O)(=O)c1ccc(Cl)cc1. The van der Waals surface area contributed by atoms with E-state index in [0.717, 1.165) is 11.3 Å². The Kier molecular flexibility index (Phi) is 6.33. The van der Waals surface area contributed by atoms with E-state index >= 15 is 0 Å². The van der Waals surface area contributed by atoms with Crippen molar-refractivity contribution in [3.8, 4) is 0 Å². The number of sulfone groups is 1. The molecule has 1 N–H and O–H groups in total. The molecule has 0 saturated carbocycles. The molecule has 0 saturated heterocycles. The maximum atomic E-state index is 12.9. The molecule has 0 aliphatic carbocycles. The van der Waals surface area contributed by atoms with Gasteiger partial charge in [-0.05, 0) is 60.9 Å². The van der Waals surface area contributed by atoms with E-state index in [9.17, 15) is 16.8 Å². The van der Waals surface area contributed by atoms with Gasteiger partial charge in [0.25, 0.3) is 10.0 Å². The lowest BCUT2D eigenvalue weighted by Gasteiger charge is -2.07. The van der Waals surface area contributed by atoms with Crippen LogP contribution in [0.5, 0.6) is 0 Å². The summed E-state index contributed by atoms with van der Waals surface area (Å²) in [7, 11) is -7.69. The molecule has 0 aliphatic heterocycles. The highest BCUT2D eigenvalue weighted by molar-refractivity contribution is 8.01. The van der Waals surface area contributed by atoms with Crippen LogP contribution in [0.25, 0.3) is 0 Å². The normalized spacial score (nSPS) is 12.1. The third-order valence-electron chi connectivity index (χ3n) is 3.62. The van der Waals surface area contributed by atoms with Crippen LogP contribution in [-0.4, -0.2) is 23.1 Å². The van der Waals surface area contributed by atoms with Gasteiger partial charge < -0.3 is 0 Å². The predicted molar refractivity (Wildman–Crippen MR) is 115 cm³/mol. The number of halogens is 2. The Morgan fingerprint density at radius 2 is 1.36 bits per heavy atom. The summed E-state index contributed by atoms with van der Waals surface area (Å²) in [5, 5.41) is 0.835. The van der Waals surface area contributed by atoms with Crippen LogP contribution in [0.3, 0.4) is 0 Å². The smallest absolute Gasteiger partial charge is 0.261 e. The summed E-state index contributed by atoms with van der Waals surface area (Å²) in [5.74, 6) is 0. The van der Waals surface area contributed by atoms with E-state index < -0.39 is 19.9 Å².